The van der Waals surface area contributed by atoms with Gasteiger partial charge in [0, 0.05) is 12.6 Å². The van der Waals surface area contributed by atoms with Gasteiger partial charge in [0.25, 0.3) is 5.69 Å². The number of pyridine rings is 1. The third kappa shape index (κ3) is 4.36. The minimum Gasteiger partial charge on any atom is -0.480 e. The van der Waals surface area contributed by atoms with E-state index in [1.54, 1.807) is 0 Å². The highest BCUT2D eigenvalue weighted by Gasteiger charge is 2.19. The number of aliphatic carboxylic acids is 1. The van der Waals surface area contributed by atoms with Crippen molar-refractivity contribution in [1.82, 2.24) is 4.98 Å². The van der Waals surface area contributed by atoms with Gasteiger partial charge in [-0.25, -0.2) is 4.98 Å². The summed E-state index contributed by atoms with van der Waals surface area (Å²) in [7, 11) is 0. The third-order valence-corrected chi connectivity index (χ3v) is 2.51. The van der Waals surface area contributed by atoms with Gasteiger partial charge in [0.05, 0.1) is 9.95 Å². The Bertz CT molecular complexity index is 493. The van der Waals surface area contributed by atoms with Gasteiger partial charge in [0.15, 0.2) is 0 Å². The topological polar surface area (TPSA) is 96.6 Å². The van der Waals surface area contributed by atoms with Crippen LogP contribution in [0.5, 0.6) is 0 Å². The molecule has 1 N–H and O–H groups in total. The molecule has 1 heterocycles. The van der Waals surface area contributed by atoms with E-state index in [9.17, 15) is 14.9 Å². The summed E-state index contributed by atoms with van der Waals surface area (Å²) < 4.78 is 0. The molecule has 0 aliphatic carbocycles. The second-order valence-corrected chi connectivity index (χ2v) is 4.83. The average molecular weight is 288 g/mol. The smallest absolute Gasteiger partial charge is 0.323 e. The highest BCUT2D eigenvalue weighted by molar-refractivity contribution is 6.33. The summed E-state index contributed by atoms with van der Waals surface area (Å²) in [5.41, 5.74) is -0.228. The van der Waals surface area contributed by atoms with Crippen LogP contribution in [0.3, 0.4) is 0 Å². The third-order valence-electron chi connectivity index (χ3n) is 2.23. The van der Waals surface area contributed by atoms with Crippen molar-refractivity contribution in [1.29, 1.82) is 0 Å². The van der Waals surface area contributed by atoms with Gasteiger partial charge < -0.3 is 10.0 Å². The maximum absolute atomic E-state index is 10.8. The van der Waals surface area contributed by atoms with E-state index in [4.69, 9.17) is 16.7 Å². The zero-order valence-electron chi connectivity index (χ0n) is 10.5. The Kier molecular flexibility index (Phi) is 5.05. The fourth-order valence-electron chi connectivity index (χ4n) is 1.58. The Labute approximate surface area is 115 Å². The Morgan fingerprint density at radius 2 is 2.26 bits per heavy atom. The monoisotopic (exact) mass is 287 g/mol. The molecule has 0 spiro atoms. The van der Waals surface area contributed by atoms with Crippen LogP contribution in [-0.2, 0) is 4.79 Å². The van der Waals surface area contributed by atoms with Crippen LogP contribution in [-0.4, -0.2) is 34.1 Å². The molecule has 7 nitrogen and oxygen atoms in total. The van der Waals surface area contributed by atoms with Gasteiger partial charge in [0.2, 0.25) is 0 Å². The predicted octanol–water partition coefficient (Wildman–Crippen LogP) is 2.19. The summed E-state index contributed by atoms with van der Waals surface area (Å²) in [6, 6.07) is 1.17. The summed E-state index contributed by atoms with van der Waals surface area (Å²) in [6.45, 7) is 4.03. The van der Waals surface area contributed by atoms with Gasteiger partial charge in [-0.2, -0.15) is 0 Å². The lowest BCUT2D eigenvalue weighted by Gasteiger charge is -2.24. The number of carboxylic acid groups (broad SMARTS) is 1. The van der Waals surface area contributed by atoms with Gasteiger partial charge in [-0.1, -0.05) is 25.4 Å². The number of hydrogen-bond acceptors (Lipinski definition) is 5. The lowest BCUT2D eigenvalue weighted by molar-refractivity contribution is -0.385. The molecule has 1 aromatic heterocycles. The summed E-state index contributed by atoms with van der Waals surface area (Å²) in [5.74, 6) is -0.576. The van der Waals surface area contributed by atoms with E-state index >= 15 is 0 Å². The van der Waals surface area contributed by atoms with Crippen LogP contribution in [0.4, 0.5) is 11.5 Å². The van der Waals surface area contributed by atoms with Crippen molar-refractivity contribution in [2.24, 2.45) is 5.92 Å². The summed E-state index contributed by atoms with van der Waals surface area (Å²) in [6.07, 6.45) is 1.07. The number of nitro groups is 1. The maximum atomic E-state index is 10.8. The van der Waals surface area contributed by atoms with Gasteiger partial charge in [0.1, 0.15) is 18.6 Å². The number of hydrogen-bond donors (Lipinski definition) is 1. The quantitative estimate of drug-likeness (QED) is 0.636. The van der Waals surface area contributed by atoms with Crippen LogP contribution >= 0.6 is 11.6 Å². The molecule has 0 saturated carbocycles. The number of halogens is 1. The molecule has 1 rings (SSSR count). The fraction of sp³-hybridized carbons (Fsp3) is 0.455. The van der Waals surface area contributed by atoms with Crippen molar-refractivity contribution in [3.63, 3.8) is 0 Å². The van der Waals surface area contributed by atoms with Crippen molar-refractivity contribution >= 4 is 29.1 Å². The molecule has 0 radical (unpaired) electrons. The molecule has 104 valence electrons. The largest absolute Gasteiger partial charge is 0.480 e. The molecule has 0 aliphatic heterocycles. The molecule has 0 aromatic carbocycles. The first-order chi connectivity index (χ1) is 8.81. The number of anilines is 1. The second kappa shape index (κ2) is 6.33. The highest BCUT2D eigenvalue weighted by atomic mass is 35.5. The fourth-order valence-corrected chi connectivity index (χ4v) is 1.86. The molecular weight excluding hydrogens is 274 g/mol. The Hall–Kier alpha value is -1.89. The zero-order valence-corrected chi connectivity index (χ0v) is 11.3. The van der Waals surface area contributed by atoms with Crippen LogP contribution in [0.25, 0.3) is 0 Å². The van der Waals surface area contributed by atoms with E-state index < -0.39 is 10.9 Å². The van der Waals surface area contributed by atoms with Crippen LogP contribution in [0.1, 0.15) is 13.8 Å². The number of aromatic nitrogens is 1. The lowest BCUT2D eigenvalue weighted by atomic mass is 10.2. The average Bonchev–Trinajstić information content (AvgIpc) is 2.26. The number of rotatable bonds is 6. The highest BCUT2D eigenvalue weighted by Crippen LogP contribution is 2.27. The number of carboxylic acids is 1. The number of nitrogens with zero attached hydrogens (tertiary/aromatic N) is 3. The summed E-state index contributed by atoms with van der Waals surface area (Å²) in [5, 5.41) is 19.5. The van der Waals surface area contributed by atoms with Crippen molar-refractivity contribution < 1.29 is 14.8 Å². The van der Waals surface area contributed by atoms with E-state index in [1.807, 2.05) is 13.8 Å². The zero-order chi connectivity index (χ0) is 14.6. The number of carbonyl (C=O) groups is 1. The predicted molar refractivity (Wildman–Crippen MR) is 70.6 cm³/mol. The van der Waals surface area contributed by atoms with Crippen molar-refractivity contribution in [3.8, 4) is 0 Å². The first-order valence-electron chi connectivity index (χ1n) is 5.58. The molecule has 0 aliphatic rings. The molecule has 0 amide bonds. The summed E-state index contributed by atoms with van der Waals surface area (Å²) in [4.78, 5) is 26.2. The van der Waals surface area contributed by atoms with Crippen LogP contribution in [0.15, 0.2) is 12.3 Å². The normalized spacial score (nSPS) is 10.5. The van der Waals surface area contributed by atoms with Gasteiger partial charge in [-0.15, -0.1) is 0 Å². The van der Waals surface area contributed by atoms with Crippen molar-refractivity contribution in [2.45, 2.75) is 13.8 Å². The van der Waals surface area contributed by atoms with E-state index in [0.717, 1.165) is 6.20 Å². The van der Waals surface area contributed by atoms with E-state index in [0.29, 0.717) is 6.54 Å². The Balaban J connectivity index is 3.07. The first kappa shape index (κ1) is 15.2. The van der Waals surface area contributed by atoms with Crippen LogP contribution in [0, 0.1) is 16.0 Å². The molecule has 1 aromatic rings. The molecule has 19 heavy (non-hydrogen) atoms. The SMILES string of the molecule is CC(C)CN(CC(=O)O)c1ncc([N+](=O)[O-])cc1Cl. The van der Waals surface area contributed by atoms with Crippen LogP contribution in [0.2, 0.25) is 5.02 Å². The van der Waals surface area contributed by atoms with Gasteiger partial charge in [-0.05, 0) is 5.92 Å². The van der Waals surface area contributed by atoms with Gasteiger partial charge >= 0.3 is 5.97 Å². The van der Waals surface area contributed by atoms with Crippen molar-refractivity contribution in [2.75, 3.05) is 18.0 Å². The first-order valence-corrected chi connectivity index (χ1v) is 5.95. The minimum atomic E-state index is -1.02. The standard InChI is InChI=1S/C11H14ClN3O4/c1-7(2)5-14(6-10(16)17)11-9(12)3-8(4-13-11)15(18)19/h3-4,7H,5-6H2,1-2H3,(H,16,17). The molecule has 0 atom stereocenters. The maximum Gasteiger partial charge on any atom is 0.323 e. The molecule has 0 bridgehead atoms. The van der Waals surface area contributed by atoms with E-state index in [2.05, 4.69) is 4.98 Å². The molecule has 8 heteroatoms. The van der Waals surface area contributed by atoms with E-state index in [-0.39, 0.29) is 29.0 Å². The second-order valence-electron chi connectivity index (χ2n) is 4.42. The molecular formula is C11H14ClN3O4. The lowest BCUT2D eigenvalue weighted by Crippen LogP contribution is -2.33. The van der Waals surface area contributed by atoms with Crippen molar-refractivity contribution in [3.05, 3.63) is 27.4 Å². The van der Waals surface area contributed by atoms with Gasteiger partial charge in [-0.3, -0.25) is 14.9 Å². The molecule has 0 fully saturated rings. The molecule has 0 unspecified atom stereocenters. The molecule has 0 saturated heterocycles. The summed E-state index contributed by atoms with van der Waals surface area (Å²) >= 11 is 5.93. The van der Waals surface area contributed by atoms with E-state index in [1.165, 1.54) is 11.0 Å². The van der Waals surface area contributed by atoms with Crippen LogP contribution < -0.4 is 4.90 Å². The Morgan fingerprint density at radius 1 is 1.63 bits per heavy atom. The minimum absolute atomic E-state index is 0.0658. The Morgan fingerprint density at radius 3 is 2.68 bits per heavy atom.